The predicted molar refractivity (Wildman–Crippen MR) is 133 cm³/mol. The molecule has 0 atom stereocenters. The number of thiazole rings is 1. The molecule has 5 rings (SSSR count). The first-order valence-electron chi connectivity index (χ1n) is 10.4. The maximum Gasteiger partial charge on any atom is 0.355 e. The summed E-state index contributed by atoms with van der Waals surface area (Å²) in [5, 5.41) is 10.9. The Morgan fingerprint density at radius 2 is 1.63 bits per heavy atom. The standard InChI is InChI=1S/C16H13N3O2.C9H6N2O2S/c17-16(21)19-13-9-5-4-8-12(13)15(18-10-14(19)20)11-6-2-1-3-7-11;12-9(13)7-5-14-8(11-7)6-1-3-10-4-2-6/h1-9H,10H2,(H2,17,21);1-5H,(H,12,13). The lowest BCUT2D eigenvalue weighted by Crippen LogP contribution is -2.42. The lowest BCUT2D eigenvalue weighted by atomic mass is 10.0. The number of carbonyl (C=O) groups excluding carboxylic acids is 2. The number of para-hydroxylation sites is 1. The number of hydrogen-bond donors (Lipinski definition) is 2. The third-order valence-electron chi connectivity index (χ3n) is 4.94. The number of carboxylic acids is 1. The number of benzene rings is 2. The molecule has 1 aliphatic rings. The Hall–Kier alpha value is -4.70. The number of anilines is 1. The molecule has 35 heavy (non-hydrogen) atoms. The van der Waals surface area contributed by atoms with Crippen LogP contribution in [0.5, 0.6) is 0 Å². The third kappa shape index (κ3) is 5.28. The van der Waals surface area contributed by atoms with Crippen molar-refractivity contribution in [2.45, 2.75) is 0 Å². The molecule has 2 aromatic carbocycles. The number of nitrogens with zero attached hydrogens (tertiary/aromatic N) is 4. The number of primary amides is 1. The SMILES string of the molecule is NC(=O)N1C(=O)CN=C(c2ccccc2)c2ccccc21.O=C(O)c1csc(-c2ccncc2)n1. The Balaban J connectivity index is 0.000000179. The monoisotopic (exact) mass is 485 g/mol. The second-order valence-corrected chi connectivity index (χ2v) is 8.05. The van der Waals surface area contributed by atoms with Crippen LogP contribution in [0.3, 0.4) is 0 Å². The first-order valence-corrected chi connectivity index (χ1v) is 11.2. The van der Waals surface area contributed by atoms with Gasteiger partial charge in [0.05, 0.1) is 11.4 Å². The second-order valence-electron chi connectivity index (χ2n) is 7.19. The summed E-state index contributed by atoms with van der Waals surface area (Å²) in [4.78, 5) is 47.5. The molecule has 0 bridgehead atoms. The van der Waals surface area contributed by atoms with Gasteiger partial charge >= 0.3 is 12.0 Å². The van der Waals surface area contributed by atoms with Crippen molar-refractivity contribution in [3.05, 3.63) is 101 Å². The number of imide groups is 1. The van der Waals surface area contributed by atoms with Gasteiger partial charge in [-0.15, -0.1) is 11.3 Å². The van der Waals surface area contributed by atoms with Gasteiger partial charge in [0.2, 0.25) is 0 Å². The van der Waals surface area contributed by atoms with E-state index in [1.807, 2.05) is 42.5 Å². The highest BCUT2D eigenvalue weighted by Crippen LogP contribution is 2.26. The van der Waals surface area contributed by atoms with E-state index in [-0.39, 0.29) is 12.2 Å². The van der Waals surface area contributed by atoms with E-state index in [9.17, 15) is 14.4 Å². The molecule has 4 aromatic rings. The highest BCUT2D eigenvalue weighted by molar-refractivity contribution is 7.13. The number of fused-ring (bicyclic) bond motifs is 1. The average Bonchev–Trinajstić information content (AvgIpc) is 3.32. The summed E-state index contributed by atoms with van der Waals surface area (Å²) >= 11 is 1.31. The zero-order valence-electron chi connectivity index (χ0n) is 18.2. The zero-order valence-corrected chi connectivity index (χ0v) is 19.1. The number of carboxylic acid groups (broad SMARTS) is 1. The van der Waals surface area contributed by atoms with Gasteiger partial charge in [-0.05, 0) is 18.2 Å². The summed E-state index contributed by atoms with van der Waals surface area (Å²) in [5.74, 6) is -1.43. The molecule has 0 fully saturated rings. The summed E-state index contributed by atoms with van der Waals surface area (Å²) in [5.41, 5.74) is 9.07. The highest BCUT2D eigenvalue weighted by Gasteiger charge is 2.28. The van der Waals surface area contributed by atoms with E-state index in [1.165, 1.54) is 16.7 Å². The van der Waals surface area contributed by atoms with Crippen molar-refractivity contribution in [3.63, 3.8) is 0 Å². The van der Waals surface area contributed by atoms with Crippen molar-refractivity contribution in [1.29, 1.82) is 0 Å². The van der Waals surface area contributed by atoms with Gasteiger partial charge in [0.15, 0.2) is 5.69 Å². The molecule has 2 aromatic heterocycles. The van der Waals surface area contributed by atoms with Gasteiger partial charge < -0.3 is 10.8 Å². The molecule has 0 unspecified atom stereocenters. The van der Waals surface area contributed by atoms with E-state index >= 15 is 0 Å². The smallest absolute Gasteiger partial charge is 0.355 e. The number of aromatic nitrogens is 2. The fraction of sp³-hybridized carbons (Fsp3) is 0.0400. The third-order valence-corrected chi connectivity index (χ3v) is 5.83. The Morgan fingerprint density at radius 3 is 2.29 bits per heavy atom. The van der Waals surface area contributed by atoms with E-state index in [2.05, 4.69) is 15.0 Å². The quantitative estimate of drug-likeness (QED) is 0.452. The van der Waals surface area contributed by atoms with Crippen LogP contribution in [-0.2, 0) is 4.79 Å². The van der Waals surface area contributed by atoms with Crippen LogP contribution in [0.1, 0.15) is 21.6 Å². The summed E-state index contributed by atoms with van der Waals surface area (Å²) < 4.78 is 0. The molecule has 0 spiro atoms. The number of aromatic carboxylic acids is 1. The van der Waals surface area contributed by atoms with Gasteiger partial charge in [0.1, 0.15) is 11.6 Å². The van der Waals surface area contributed by atoms with Crippen molar-refractivity contribution < 1.29 is 19.5 Å². The zero-order chi connectivity index (χ0) is 24.8. The molecular weight excluding hydrogens is 466 g/mol. The first kappa shape index (κ1) is 23.5. The van der Waals surface area contributed by atoms with Gasteiger partial charge in [-0.3, -0.25) is 14.8 Å². The van der Waals surface area contributed by atoms with Crippen LogP contribution in [0.15, 0.2) is 89.5 Å². The minimum Gasteiger partial charge on any atom is -0.476 e. The first-order chi connectivity index (χ1) is 17.0. The number of amides is 3. The Kier molecular flexibility index (Phi) is 7.03. The van der Waals surface area contributed by atoms with Crippen molar-refractivity contribution in [2.75, 3.05) is 11.4 Å². The average molecular weight is 486 g/mol. The van der Waals surface area contributed by atoms with Crippen molar-refractivity contribution in [1.82, 2.24) is 9.97 Å². The maximum absolute atomic E-state index is 12.1. The van der Waals surface area contributed by atoms with Crippen LogP contribution in [-0.4, -0.2) is 45.2 Å². The topological polar surface area (TPSA) is 139 Å². The summed E-state index contributed by atoms with van der Waals surface area (Å²) in [6, 6.07) is 19.5. The van der Waals surface area contributed by atoms with Crippen LogP contribution in [0, 0.1) is 0 Å². The van der Waals surface area contributed by atoms with E-state index < -0.39 is 17.9 Å². The van der Waals surface area contributed by atoms with E-state index in [0.717, 1.165) is 16.0 Å². The van der Waals surface area contributed by atoms with E-state index in [0.29, 0.717) is 22.0 Å². The van der Waals surface area contributed by atoms with Gasteiger partial charge in [0.25, 0.3) is 5.91 Å². The number of aliphatic imine (C=N–C) groups is 1. The van der Waals surface area contributed by atoms with Crippen LogP contribution in [0.25, 0.3) is 10.6 Å². The van der Waals surface area contributed by atoms with Crippen LogP contribution >= 0.6 is 11.3 Å². The van der Waals surface area contributed by atoms with Gasteiger partial charge in [-0.25, -0.2) is 19.5 Å². The van der Waals surface area contributed by atoms with Gasteiger partial charge in [0, 0.05) is 34.5 Å². The largest absolute Gasteiger partial charge is 0.476 e. The van der Waals surface area contributed by atoms with E-state index in [4.69, 9.17) is 10.8 Å². The summed E-state index contributed by atoms with van der Waals surface area (Å²) in [6.45, 7) is -0.109. The number of carbonyl (C=O) groups is 3. The minimum atomic E-state index is -0.999. The van der Waals surface area contributed by atoms with Gasteiger partial charge in [-0.1, -0.05) is 48.5 Å². The molecule has 10 heteroatoms. The molecule has 3 heterocycles. The molecule has 3 N–H and O–H groups in total. The lowest BCUT2D eigenvalue weighted by molar-refractivity contribution is -0.116. The van der Waals surface area contributed by atoms with E-state index in [1.54, 1.807) is 36.7 Å². The predicted octanol–water partition coefficient (Wildman–Crippen LogP) is 3.85. The number of pyridine rings is 1. The number of urea groups is 1. The van der Waals surface area contributed by atoms with Crippen molar-refractivity contribution in [2.24, 2.45) is 10.7 Å². The van der Waals surface area contributed by atoms with Crippen LogP contribution in [0.4, 0.5) is 10.5 Å². The molecule has 3 amide bonds. The molecule has 9 nitrogen and oxygen atoms in total. The summed E-state index contributed by atoms with van der Waals surface area (Å²) in [6.07, 6.45) is 3.30. The van der Waals surface area contributed by atoms with Gasteiger partial charge in [-0.2, -0.15) is 0 Å². The maximum atomic E-state index is 12.1. The normalized spacial score (nSPS) is 12.5. The Bertz CT molecular complexity index is 1400. The summed E-state index contributed by atoms with van der Waals surface area (Å²) in [7, 11) is 0. The molecule has 0 saturated carbocycles. The molecule has 1 aliphatic heterocycles. The van der Waals surface area contributed by atoms with Crippen LogP contribution < -0.4 is 10.6 Å². The molecular formula is C25H19N5O4S. The highest BCUT2D eigenvalue weighted by atomic mass is 32.1. The molecule has 0 radical (unpaired) electrons. The number of benzodiazepines with no additional fused rings is 1. The fourth-order valence-electron chi connectivity index (χ4n) is 3.39. The Labute approximate surface area is 204 Å². The van der Waals surface area contributed by atoms with Crippen LogP contribution in [0.2, 0.25) is 0 Å². The Morgan fingerprint density at radius 1 is 0.943 bits per heavy atom. The van der Waals surface area contributed by atoms with Crippen molar-refractivity contribution >= 4 is 40.6 Å². The number of hydrogen-bond acceptors (Lipinski definition) is 7. The molecule has 174 valence electrons. The number of nitrogens with two attached hydrogens (primary N) is 1. The molecule has 0 saturated heterocycles. The van der Waals surface area contributed by atoms with Crippen molar-refractivity contribution in [3.8, 4) is 10.6 Å². The molecule has 0 aliphatic carbocycles. The minimum absolute atomic E-state index is 0.0850. The second kappa shape index (κ2) is 10.5. The number of rotatable bonds is 3. The fourth-order valence-corrected chi connectivity index (χ4v) is 4.19. The lowest BCUT2D eigenvalue weighted by Gasteiger charge is -2.18.